The molecule has 2 heterocycles. The topological polar surface area (TPSA) is 65.2 Å². The summed E-state index contributed by atoms with van der Waals surface area (Å²) in [5.41, 5.74) is 6.78. The zero-order valence-corrected chi connectivity index (χ0v) is 7.28. The number of cyclic esters (lactones) is 1. The molecule has 0 aliphatic carbocycles. The molecule has 0 fully saturated rings. The molecule has 4 heteroatoms. The second-order valence-corrected chi connectivity index (χ2v) is 3.15. The molecule has 0 saturated carbocycles. The first-order valence-corrected chi connectivity index (χ1v) is 4.13. The number of carbonyl (C=O) groups is 1. The molecule has 1 aromatic heterocycles. The highest BCUT2D eigenvalue weighted by Gasteiger charge is 2.24. The summed E-state index contributed by atoms with van der Waals surface area (Å²) >= 11 is 0. The van der Waals surface area contributed by atoms with Crippen LogP contribution in [0.15, 0.2) is 12.1 Å². The second-order valence-electron chi connectivity index (χ2n) is 3.15. The molecule has 2 N–H and O–H groups in total. The van der Waals surface area contributed by atoms with Gasteiger partial charge in [-0.1, -0.05) is 0 Å². The minimum Gasteiger partial charge on any atom is -0.459 e. The average molecular weight is 178 g/mol. The van der Waals surface area contributed by atoms with Gasteiger partial charge in [0.25, 0.3) is 0 Å². The van der Waals surface area contributed by atoms with Gasteiger partial charge in [0.15, 0.2) is 0 Å². The maximum atomic E-state index is 11.3. The largest absolute Gasteiger partial charge is 0.459 e. The molecular formula is C9H10N2O2. The molecule has 0 spiro atoms. The minimum atomic E-state index is -0.304. The molecule has 68 valence electrons. The zero-order valence-electron chi connectivity index (χ0n) is 7.28. The molecule has 2 rings (SSSR count). The lowest BCUT2D eigenvalue weighted by atomic mass is 10.1. The molecule has 0 bridgehead atoms. The number of ether oxygens (including phenoxy) is 1. The van der Waals surface area contributed by atoms with Crippen molar-refractivity contribution in [1.29, 1.82) is 0 Å². The first-order chi connectivity index (χ1) is 6.16. The summed E-state index contributed by atoms with van der Waals surface area (Å²) in [5, 5.41) is 0. The van der Waals surface area contributed by atoms with Gasteiger partial charge in [-0.2, -0.15) is 0 Å². The van der Waals surface area contributed by atoms with Crippen molar-refractivity contribution in [2.24, 2.45) is 0 Å². The number of pyridine rings is 1. The van der Waals surface area contributed by atoms with Crippen LogP contribution in [0, 0.1) is 0 Å². The van der Waals surface area contributed by atoms with Crippen LogP contribution in [-0.2, 0) is 11.2 Å². The summed E-state index contributed by atoms with van der Waals surface area (Å²) < 4.78 is 5.03. The molecule has 0 aromatic carbocycles. The number of nitrogen functional groups attached to an aromatic ring is 1. The number of aromatic nitrogens is 1. The van der Waals surface area contributed by atoms with Crippen molar-refractivity contribution in [3.63, 3.8) is 0 Å². The smallest absolute Gasteiger partial charge is 0.340 e. The number of anilines is 1. The van der Waals surface area contributed by atoms with Gasteiger partial charge in [0, 0.05) is 6.42 Å². The number of nitrogens with zero attached hydrogens (tertiary/aromatic N) is 1. The van der Waals surface area contributed by atoms with Gasteiger partial charge in [0.2, 0.25) is 0 Å². The van der Waals surface area contributed by atoms with E-state index in [4.69, 9.17) is 10.5 Å². The van der Waals surface area contributed by atoms with E-state index in [9.17, 15) is 4.79 Å². The van der Waals surface area contributed by atoms with Gasteiger partial charge >= 0.3 is 5.97 Å². The predicted molar refractivity (Wildman–Crippen MR) is 47.2 cm³/mol. The monoisotopic (exact) mass is 178 g/mol. The third-order valence-electron chi connectivity index (χ3n) is 2.00. The molecule has 0 saturated heterocycles. The quantitative estimate of drug-likeness (QED) is 0.596. The standard InChI is InChI=1S/C9H10N2O2/c1-5-4-7-6(9(12)13-5)2-3-8(10)11-7/h2-3,5H,4H2,1H3,(H2,10,11). The second kappa shape index (κ2) is 2.73. The van der Waals surface area contributed by atoms with Gasteiger partial charge in [-0.25, -0.2) is 9.78 Å². The summed E-state index contributed by atoms with van der Waals surface area (Å²) in [5.74, 6) is 0.141. The van der Waals surface area contributed by atoms with E-state index in [1.54, 1.807) is 12.1 Å². The maximum absolute atomic E-state index is 11.3. The van der Waals surface area contributed by atoms with Crippen LogP contribution in [0.25, 0.3) is 0 Å². The first kappa shape index (κ1) is 8.04. The van der Waals surface area contributed by atoms with E-state index in [-0.39, 0.29) is 12.1 Å². The Bertz CT molecular complexity index is 363. The number of hydrogen-bond donors (Lipinski definition) is 1. The van der Waals surface area contributed by atoms with Gasteiger partial charge in [0.1, 0.15) is 11.9 Å². The van der Waals surface area contributed by atoms with Crippen molar-refractivity contribution >= 4 is 11.8 Å². The van der Waals surface area contributed by atoms with Crippen LogP contribution in [0.1, 0.15) is 23.0 Å². The number of fused-ring (bicyclic) bond motifs is 1. The number of rotatable bonds is 0. The molecular weight excluding hydrogens is 168 g/mol. The van der Waals surface area contributed by atoms with Gasteiger partial charge in [-0.15, -0.1) is 0 Å². The highest BCUT2D eigenvalue weighted by molar-refractivity contribution is 5.91. The molecule has 0 radical (unpaired) electrons. The minimum absolute atomic E-state index is 0.103. The van der Waals surface area contributed by atoms with Crippen LogP contribution in [0.3, 0.4) is 0 Å². The van der Waals surface area contributed by atoms with E-state index in [0.29, 0.717) is 17.8 Å². The summed E-state index contributed by atoms with van der Waals surface area (Å²) in [6.07, 6.45) is 0.542. The van der Waals surface area contributed by atoms with Crippen LogP contribution in [0.5, 0.6) is 0 Å². The predicted octanol–water partition coefficient (Wildman–Crippen LogP) is 0.765. The molecule has 1 atom stereocenters. The molecule has 0 amide bonds. The fraction of sp³-hybridized carbons (Fsp3) is 0.333. The Balaban J connectivity index is 2.49. The van der Waals surface area contributed by atoms with E-state index >= 15 is 0 Å². The number of hydrogen-bond acceptors (Lipinski definition) is 4. The highest BCUT2D eigenvalue weighted by atomic mass is 16.5. The fourth-order valence-electron chi connectivity index (χ4n) is 1.42. The van der Waals surface area contributed by atoms with Crippen molar-refractivity contribution < 1.29 is 9.53 Å². The van der Waals surface area contributed by atoms with Crippen LogP contribution >= 0.6 is 0 Å². The molecule has 1 aromatic rings. The summed E-state index contributed by atoms with van der Waals surface area (Å²) in [6.45, 7) is 1.84. The van der Waals surface area contributed by atoms with Crippen molar-refractivity contribution in [3.05, 3.63) is 23.4 Å². The maximum Gasteiger partial charge on any atom is 0.340 e. The number of esters is 1. The van der Waals surface area contributed by atoms with Crippen molar-refractivity contribution in [1.82, 2.24) is 4.98 Å². The summed E-state index contributed by atoms with van der Waals surface area (Å²) in [4.78, 5) is 15.4. The Morgan fingerprint density at radius 1 is 1.62 bits per heavy atom. The van der Waals surface area contributed by atoms with Crippen molar-refractivity contribution in [3.8, 4) is 0 Å². The third kappa shape index (κ3) is 1.35. The lowest BCUT2D eigenvalue weighted by Gasteiger charge is -2.20. The molecule has 1 aliphatic heterocycles. The highest BCUT2D eigenvalue weighted by Crippen LogP contribution is 2.19. The Hall–Kier alpha value is -1.58. The Labute approximate surface area is 75.7 Å². The van der Waals surface area contributed by atoms with Crippen molar-refractivity contribution in [2.75, 3.05) is 5.73 Å². The van der Waals surface area contributed by atoms with Crippen LogP contribution in [0.2, 0.25) is 0 Å². The molecule has 1 unspecified atom stereocenters. The Morgan fingerprint density at radius 3 is 3.15 bits per heavy atom. The summed E-state index contributed by atoms with van der Waals surface area (Å²) in [6, 6.07) is 3.27. The lowest BCUT2D eigenvalue weighted by Crippen LogP contribution is -2.26. The average Bonchev–Trinajstić information content (AvgIpc) is 2.02. The number of nitrogens with two attached hydrogens (primary N) is 1. The Morgan fingerprint density at radius 2 is 2.38 bits per heavy atom. The Kier molecular flexibility index (Phi) is 1.69. The van der Waals surface area contributed by atoms with E-state index in [1.807, 2.05) is 6.92 Å². The fourth-order valence-corrected chi connectivity index (χ4v) is 1.42. The van der Waals surface area contributed by atoms with Crippen LogP contribution < -0.4 is 5.73 Å². The van der Waals surface area contributed by atoms with Crippen LogP contribution in [-0.4, -0.2) is 17.1 Å². The van der Waals surface area contributed by atoms with Gasteiger partial charge in [0.05, 0.1) is 11.3 Å². The number of carbonyl (C=O) groups excluding carboxylic acids is 1. The van der Waals surface area contributed by atoms with E-state index in [2.05, 4.69) is 4.98 Å². The van der Waals surface area contributed by atoms with E-state index < -0.39 is 0 Å². The first-order valence-electron chi connectivity index (χ1n) is 4.13. The van der Waals surface area contributed by atoms with Gasteiger partial charge in [-0.05, 0) is 19.1 Å². The molecule has 13 heavy (non-hydrogen) atoms. The molecule has 4 nitrogen and oxygen atoms in total. The summed E-state index contributed by atoms with van der Waals surface area (Å²) in [7, 11) is 0. The van der Waals surface area contributed by atoms with Gasteiger partial charge < -0.3 is 10.5 Å². The van der Waals surface area contributed by atoms with E-state index in [0.717, 1.165) is 5.69 Å². The third-order valence-corrected chi connectivity index (χ3v) is 2.00. The zero-order chi connectivity index (χ0) is 9.42. The normalized spacial score (nSPS) is 20.7. The lowest BCUT2D eigenvalue weighted by molar-refractivity contribution is 0.0297. The van der Waals surface area contributed by atoms with Crippen molar-refractivity contribution in [2.45, 2.75) is 19.4 Å². The SMILES string of the molecule is CC1Cc2nc(N)ccc2C(=O)O1. The van der Waals surface area contributed by atoms with Gasteiger partial charge in [-0.3, -0.25) is 0 Å². The van der Waals surface area contributed by atoms with E-state index in [1.165, 1.54) is 0 Å². The van der Waals surface area contributed by atoms with Crippen LogP contribution in [0.4, 0.5) is 5.82 Å². The molecule has 1 aliphatic rings.